The number of rotatable bonds is 4. The predicted molar refractivity (Wildman–Crippen MR) is 89.2 cm³/mol. The zero-order valence-corrected chi connectivity index (χ0v) is 15.1. The fraction of sp³-hybridized carbons (Fsp3) is 0.824. The Labute approximate surface area is 143 Å². The van der Waals surface area contributed by atoms with Crippen molar-refractivity contribution >= 4 is 17.7 Å². The van der Waals surface area contributed by atoms with Crippen molar-refractivity contribution < 1.29 is 19.1 Å². The summed E-state index contributed by atoms with van der Waals surface area (Å²) in [6.07, 6.45) is 1.79. The molecule has 2 aliphatic rings. The van der Waals surface area contributed by atoms with Crippen molar-refractivity contribution in [2.75, 3.05) is 33.4 Å². The second-order valence-electron chi connectivity index (χ2n) is 7.68. The second kappa shape index (κ2) is 7.51. The first kappa shape index (κ1) is 18.7. The summed E-state index contributed by atoms with van der Waals surface area (Å²) in [5.41, 5.74) is -0.245. The number of nitrogens with one attached hydrogen (secondary N) is 1. The maximum Gasteiger partial charge on any atom is 0.246 e. The topological polar surface area (TPSA) is 79.0 Å². The molecule has 0 saturated carbocycles. The fourth-order valence-corrected chi connectivity index (χ4v) is 3.42. The summed E-state index contributed by atoms with van der Waals surface area (Å²) in [5, 5.41) is 2.92. The highest BCUT2D eigenvalue weighted by molar-refractivity contribution is 5.89. The highest BCUT2D eigenvalue weighted by Crippen LogP contribution is 2.27. The van der Waals surface area contributed by atoms with E-state index < -0.39 is 0 Å². The summed E-state index contributed by atoms with van der Waals surface area (Å²) in [5.74, 6) is -0.236. The van der Waals surface area contributed by atoms with Crippen LogP contribution in [0.5, 0.6) is 0 Å². The molecular weight excluding hydrogens is 310 g/mol. The van der Waals surface area contributed by atoms with E-state index in [1.807, 2.05) is 25.7 Å². The van der Waals surface area contributed by atoms with Crippen molar-refractivity contribution in [1.29, 1.82) is 0 Å². The van der Waals surface area contributed by atoms with Crippen LogP contribution in [0.2, 0.25) is 0 Å². The molecule has 0 aliphatic carbocycles. The third-order valence-corrected chi connectivity index (χ3v) is 4.73. The molecule has 0 aromatic rings. The first-order chi connectivity index (χ1) is 11.2. The minimum absolute atomic E-state index is 0.0579. The van der Waals surface area contributed by atoms with Gasteiger partial charge in [-0.05, 0) is 33.6 Å². The largest absolute Gasteiger partial charge is 0.375 e. The molecule has 2 fully saturated rings. The van der Waals surface area contributed by atoms with Crippen molar-refractivity contribution in [2.24, 2.45) is 5.92 Å². The van der Waals surface area contributed by atoms with Gasteiger partial charge >= 0.3 is 0 Å². The van der Waals surface area contributed by atoms with Gasteiger partial charge in [0.2, 0.25) is 17.7 Å². The molecule has 0 bridgehead atoms. The monoisotopic (exact) mass is 339 g/mol. The number of hydrogen-bond acceptors (Lipinski definition) is 4. The van der Waals surface area contributed by atoms with E-state index in [9.17, 15) is 14.4 Å². The maximum absolute atomic E-state index is 12.7. The first-order valence-corrected chi connectivity index (χ1v) is 8.60. The van der Waals surface area contributed by atoms with Crippen LogP contribution < -0.4 is 5.32 Å². The van der Waals surface area contributed by atoms with Gasteiger partial charge in [-0.1, -0.05) is 0 Å². The Bertz CT molecular complexity index is 493. The van der Waals surface area contributed by atoms with Crippen LogP contribution in [0.15, 0.2) is 0 Å². The Morgan fingerprint density at radius 1 is 1.25 bits per heavy atom. The van der Waals surface area contributed by atoms with Gasteiger partial charge in [-0.25, -0.2) is 0 Å². The van der Waals surface area contributed by atoms with Crippen LogP contribution in [0, 0.1) is 5.92 Å². The van der Waals surface area contributed by atoms with E-state index in [4.69, 9.17) is 4.74 Å². The van der Waals surface area contributed by atoms with Crippen LogP contribution in [-0.2, 0) is 19.1 Å². The van der Waals surface area contributed by atoms with Gasteiger partial charge in [0.1, 0.15) is 6.61 Å². The van der Waals surface area contributed by atoms with Crippen molar-refractivity contribution in [1.82, 2.24) is 15.1 Å². The molecule has 24 heavy (non-hydrogen) atoms. The molecule has 0 aromatic carbocycles. The zero-order valence-electron chi connectivity index (χ0n) is 15.1. The van der Waals surface area contributed by atoms with Gasteiger partial charge in [-0.15, -0.1) is 0 Å². The van der Waals surface area contributed by atoms with Gasteiger partial charge in [0.05, 0.1) is 5.92 Å². The highest BCUT2D eigenvalue weighted by Gasteiger charge is 2.41. The van der Waals surface area contributed by atoms with E-state index in [2.05, 4.69) is 5.32 Å². The van der Waals surface area contributed by atoms with Crippen LogP contribution in [0.3, 0.4) is 0 Å². The van der Waals surface area contributed by atoms with E-state index in [0.717, 1.165) is 12.8 Å². The van der Waals surface area contributed by atoms with Crippen LogP contribution in [-0.4, -0.2) is 72.5 Å². The molecule has 0 radical (unpaired) electrons. The number of hydrogen-bond donors (Lipinski definition) is 1. The Balaban J connectivity index is 1.83. The highest BCUT2D eigenvalue weighted by atomic mass is 16.5. The molecule has 1 unspecified atom stereocenters. The number of carbonyl (C=O) groups excluding carboxylic acids is 3. The molecule has 0 aromatic heterocycles. The lowest BCUT2D eigenvalue weighted by Gasteiger charge is -2.35. The summed E-state index contributed by atoms with van der Waals surface area (Å²) in [6, 6.07) is 0.0907. The lowest BCUT2D eigenvalue weighted by atomic mass is 10.0. The molecule has 2 heterocycles. The van der Waals surface area contributed by atoms with Gasteiger partial charge in [0.15, 0.2) is 0 Å². The van der Waals surface area contributed by atoms with E-state index in [1.54, 1.807) is 4.90 Å². The lowest BCUT2D eigenvalue weighted by molar-refractivity contribution is -0.137. The van der Waals surface area contributed by atoms with Gasteiger partial charge < -0.3 is 19.9 Å². The SMILES string of the molecule is COCC(=O)NC1CCN(C(=O)C2CC(=O)N(C(C)(C)C)C2)CC1. The van der Waals surface area contributed by atoms with Crippen LogP contribution in [0.1, 0.15) is 40.0 Å². The molecule has 7 nitrogen and oxygen atoms in total. The van der Waals surface area contributed by atoms with Crippen LogP contribution in [0.4, 0.5) is 0 Å². The molecule has 2 aliphatic heterocycles. The van der Waals surface area contributed by atoms with Gasteiger partial charge in [0, 0.05) is 44.7 Å². The zero-order chi connectivity index (χ0) is 17.9. The standard InChI is InChI=1S/C17H29N3O4/c1-17(2,3)20-10-12(9-15(20)22)16(23)19-7-5-13(6-8-19)18-14(21)11-24-4/h12-13H,5-11H2,1-4H3,(H,18,21). The summed E-state index contributed by atoms with van der Waals surface area (Å²) in [4.78, 5) is 40.0. The van der Waals surface area contributed by atoms with E-state index in [0.29, 0.717) is 26.1 Å². The van der Waals surface area contributed by atoms with Gasteiger partial charge in [0.25, 0.3) is 0 Å². The first-order valence-electron chi connectivity index (χ1n) is 8.60. The summed E-state index contributed by atoms with van der Waals surface area (Å²) in [7, 11) is 1.49. The Kier molecular flexibility index (Phi) is 5.85. The maximum atomic E-state index is 12.7. The molecule has 1 N–H and O–H groups in total. The number of likely N-dealkylation sites (tertiary alicyclic amines) is 2. The average Bonchev–Trinajstić information content (AvgIpc) is 2.89. The molecule has 7 heteroatoms. The molecule has 136 valence electrons. The summed E-state index contributed by atoms with van der Waals surface area (Å²) in [6.45, 7) is 7.79. The summed E-state index contributed by atoms with van der Waals surface area (Å²) >= 11 is 0. The Hall–Kier alpha value is -1.63. The van der Waals surface area contributed by atoms with Crippen molar-refractivity contribution in [2.45, 2.75) is 51.6 Å². The molecule has 3 amide bonds. The minimum atomic E-state index is -0.245. The van der Waals surface area contributed by atoms with Crippen molar-refractivity contribution in [3.05, 3.63) is 0 Å². The number of nitrogens with zero attached hydrogens (tertiary/aromatic N) is 2. The second-order valence-corrected chi connectivity index (χ2v) is 7.68. The third kappa shape index (κ3) is 4.47. The molecule has 0 spiro atoms. The number of piperidine rings is 1. The van der Waals surface area contributed by atoms with E-state index in [1.165, 1.54) is 7.11 Å². The predicted octanol–water partition coefficient (Wildman–Crippen LogP) is 0.387. The normalized spacial score (nSPS) is 22.8. The quantitative estimate of drug-likeness (QED) is 0.803. The fourth-order valence-electron chi connectivity index (χ4n) is 3.42. The number of carbonyl (C=O) groups is 3. The molecular formula is C17H29N3O4. The average molecular weight is 339 g/mol. The number of methoxy groups -OCH3 is 1. The minimum Gasteiger partial charge on any atom is -0.375 e. The van der Waals surface area contributed by atoms with E-state index in [-0.39, 0.29) is 41.8 Å². The molecule has 2 rings (SSSR count). The third-order valence-electron chi connectivity index (χ3n) is 4.73. The number of ether oxygens (including phenoxy) is 1. The molecule has 1 atom stereocenters. The Morgan fingerprint density at radius 3 is 2.38 bits per heavy atom. The van der Waals surface area contributed by atoms with Crippen LogP contribution in [0.25, 0.3) is 0 Å². The van der Waals surface area contributed by atoms with Crippen molar-refractivity contribution in [3.8, 4) is 0 Å². The van der Waals surface area contributed by atoms with E-state index >= 15 is 0 Å². The molecule has 2 saturated heterocycles. The number of amides is 3. The van der Waals surface area contributed by atoms with Gasteiger partial charge in [-0.2, -0.15) is 0 Å². The lowest BCUT2D eigenvalue weighted by Crippen LogP contribution is -2.49. The smallest absolute Gasteiger partial charge is 0.246 e. The van der Waals surface area contributed by atoms with Crippen LogP contribution >= 0.6 is 0 Å². The van der Waals surface area contributed by atoms with Gasteiger partial charge in [-0.3, -0.25) is 14.4 Å². The Morgan fingerprint density at radius 2 is 1.88 bits per heavy atom. The summed E-state index contributed by atoms with van der Waals surface area (Å²) < 4.78 is 4.81. The van der Waals surface area contributed by atoms with Crippen molar-refractivity contribution in [3.63, 3.8) is 0 Å².